The fraction of sp³-hybridized carbons (Fsp3) is 0.364. The van der Waals surface area contributed by atoms with Crippen molar-refractivity contribution in [3.63, 3.8) is 0 Å². The molecule has 0 aromatic heterocycles. The number of ether oxygens (including phenoxy) is 2. The molecule has 1 atom stereocenters. The van der Waals surface area contributed by atoms with Gasteiger partial charge in [0.25, 0.3) is 0 Å². The minimum absolute atomic E-state index is 0.0282. The van der Waals surface area contributed by atoms with Crippen molar-refractivity contribution >= 4 is 17.6 Å². The van der Waals surface area contributed by atoms with Crippen LogP contribution in [0.5, 0.6) is 5.75 Å². The Bertz CT molecular complexity index is 378. The molecule has 1 N–H and O–H groups in total. The van der Waals surface area contributed by atoms with E-state index in [4.69, 9.17) is 26.2 Å². The van der Waals surface area contributed by atoms with Crippen LogP contribution in [0.25, 0.3) is 0 Å². The van der Waals surface area contributed by atoms with Crippen LogP contribution < -0.4 is 4.74 Å². The number of halogens is 1. The van der Waals surface area contributed by atoms with Gasteiger partial charge in [-0.05, 0) is 18.6 Å². The molecule has 0 saturated carbocycles. The zero-order chi connectivity index (χ0) is 12.1. The standard InChI is InChI=1S/C11H13ClO4/c1-7-4-3-5-8(10(7)12)16-9(6-15-2)11(13)14/h3-5,9H,6H2,1-2H3,(H,13,14). The van der Waals surface area contributed by atoms with Gasteiger partial charge >= 0.3 is 5.97 Å². The highest BCUT2D eigenvalue weighted by atomic mass is 35.5. The minimum Gasteiger partial charge on any atom is -0.478 e. The molecule has 0 aliphatic carbocycles. The topological polar surface area (TPSA) is 55.8 Å². The highest BCUT2D eigenvalue weighted by molar-refractivity contribution is 6.32. The molecule has 0 saturated heterocycles. The summed E-state index contributed by atoms with van der Waals surface area (Å²) in [6.45, 7) is 1.79. The number of rotatable bonds is 5. The molecule has 0 bridgehead atoms. The lowest BCUT2D eigenvalue weighted by Gasteiger charge is -2.15. The third-order valence-corrected chi connectivity index (χ3v) is 2.50. The van der Waals surface area contributed by atoms with E-state index in [9.17, 15) is 4.79 Å². The van der Waals surface area contributed by atoms with Gasteiger partial charge in [-0.1, -0.05) is 23.7 Å². The zero-order valence-corrected chi connectivity index (χ0v) is 9.82. The van der Waals surface area contributed by atoms with E-state index < -0.39 is 12.1 Å². The third-order valence-electron chi connectivity index (χ3n) is 2.02. The molecule has 16 heavy (non-hydrogen) atoms. The number of aryl methyl sites for hydroxylation is 1. The SMILES string of the molecule is COCC(Oc1cccc(C)c1Cl)C(=O)O. The first-order valence-electron chi connectivity index (χ1n) is 4.69. The van der Waals surface area contributed by atoms with Gasteiger partial charge < -0.3 is 14.6 Å². The van der Waals surface area contributed by atoms with Gasteiger partial charge in [0.15, 0.2) is 0 Å². The van der Waals surface area contributed by atoms with E-state index in [1.54, 1.807) is 12.1 Å². The molecule has 0 heterocycles. The summed E-state index contributed by atoms with van der Waals surface area (Å²) in [6.07, 6.45) is -1.05. The average Bonchev–Trinajstić information content (AvgIpc) is 2.23. The van der Waals surface area contributed by atoms with Crippen LogP contribution in [-0.2, 0) is 9.53 Å². The Morgan fingerprint density at radius 2 is 2.25 bits per heavy atom. The smallest absolute Gasteiger partial charge is 0.347 e. The number of methoxy groups -OCH3 is 1. The first-order valence-corrected chi connectivity index (χ1v) is 5.07. The van der Waals surface area contributed by atoms with Crippen LogP contribution in [0.2, 0.25) is 5.02 Å². The van der Waals surface area contributed by atoms with Crippen LogP contribution in [0, 0.1) is 6.92 Å². The van der Waals surface area contributed by atoms with E-state index >= 15 is 0 Å². The molecule has 1 aromatic carbocycles. The summed E-state index contributed by atoms with van der Waals surface area (Å²) in [5.41, 5.74) is 0.834. The monoisotopic (exact) mass is 244 g/mol. The number of benzene rings is 1. The number of hydrogen-bond donors (Lipinski definition) is 1. The largest absolute Gasteiger partial charge is 0.478 e. The van der Waals surface area contributed by atoms with Gasteiger partial charge in [-0.2, -0.15) is 0 Å². The Morgan fingerprint density at radius 1 is 1.56 bits per heavy atom. The Balaban J connectivity index is 2.85. The summed E-state index contributed by atoms with van der Waals surface area (Å²) in [7, 11) is 1.41. The first-order chi connectivity index (χ1) is 7.56. The van der Waals surface area contributed by atoms with Crippen molar-refractivity contribution in [2.45, 2.75) is 13.0 Å². The molecule has 0 aliphatic rings. The van der Waals surface area contributed by atoms with Gasteiger partial charge in [-0.3, -0.25) is 0 Å². The van der Waals surface area contributed by atoms with Gasteiger partial charge in [-0.15, -0.1) is 0 Å². The maximum atomic E-state index is 10.8. The lowest BCUT2D eigenvalue weighted by Crippen LogP contribution is -2.31. The summed E-state index contributed by atoms with van der Waals surface area (Å²) < 4.78 is 10.0. The van der Waals surface area contributed by atoms with E-state index in [2.05, 4.69) is 0 Å². The lowest BCUT2D eigenvalue weighted by molar-refractivity contribution is -0.147. The summed E-state index contributed by atoms with van der Waals surface area (Å²) >= 11 is 5.98. The van der Waals surface area contributed by atoms with E-state index in [1.807, 2.05) is 13.0 Å². The quantitative estimate of drug-likeness (QED) is 0.862. The van der Waals surface area contributed by atoms with Crippen LogP contribution in [0.15, 0.2) is 18.2 Å². The highest BCUT2D eigenvalue weighted by Gasteiger charge is 2.20. The number of aliphatic carboxylic acids is 1. The summed E-state index contributed by atoms with van der Waals surface area (Å²) in [5, 5.41) is 9.30. The molecule has 0 amide bonds. The molecule has 5 heteroatoms. The molecular weight excluding hydrogens is 232 g/mol. The van der Waals surface area contributed by atoms with Gasteiger partial charge in [0, 0.05) is 7.11 Å². The predicted molar refractivity (Wildman–Crippen MR) is 60.1 cm³/mol. The average molecular weight is 245 g/mol. The lowest BCUT2D eigenvalue weighted by atomic mass is 10.2. The Morgan fingerprint density at radius 3 is 2.81 bits per heavy atom. The minimum atomic E-state index is -1.08. The molecule has 1 rings (SSSR count). The normalized spacial score (nSPS) is 12.2. The van der Waals surface area contributed by atoms with Crippen molar-refractivity contribution in [2.24, 2.45) is 0 Å². The summed E-state index contributed by atoms with van der Waals surface area (Å²) in [6, 6.07) is 5.20. The second-order valence-electron chi connectivity index (χ2n) is 3.29. The van der Waals surface area contributed by atoms with Crippen LogP contribution in [-0.4, -0.2) is 30.9 Å². The van der Waals surface area contributed by atoms with Gasteiger partial charge in [0.1, 0.15) is 5.75 Å². The molecule has 0 radical (unpaired) electrons. The molecule has 88 valence electrons. The van der Waals surface area contributed by atoms with E-state index in [0.29, 0.717) is 10.8 Å². The van der Waals surface area contributed by atoms with Gasteiger partial charge in [0.2, 0.25) is 6.10 Å². The number of carboxylic acid groups (broad SMARTS) is 1. The van der Waals surface area contributed by atoms with Crippen molar-refractivity contribution < 1.29 is 19.4 Å². The zero-order valence-electron chi connectivity index (χ0n) is 9.07. The number of carboxylic acids is 1. The Kier molecular flexibility index (Phi) is 4.58. The van der Waals surface area contributed by atoms with Crippen LogP contribution in [0.4, 0.5) is 0 Å². The molecule has 0 spiro atoms. The number of carbonyl (C=O) groups is 1. The molecule has 1 unspecified atom stereocenters. The maximum absolute atomic E-state index is 10.8. The highest BCUT2D eigenvalue weighted by Crippen LogP contribution is 2.28. The third kappa shape index (κ3) is 3.12. The Hall–Kier alpha value is -1.26. The van der Waals surface area contributed by atoms with Crippen LogP contribution in [0.1, 0.15) is 5.56 Å². The molecule has 1 aromatic rings. The van der Waals surface area contributed by atoms with Gasteiger partial charge in [-0.25, -0.2) is 4.79 Å². The molecule has 0 fully saturated rings. The van der Waals surface area contributed by atoms with E-state index in [-0.39, 0.29) is 6.61 Å². The van der Waals surface area contributed by atoms with Crippen LogP contribution >= 0.6 is 11.6 Å². The molecule has 4 nitrogen and oxygen atoms in total. The van der Waals surface area contributed by atoms with E-state index in [1.165, 1.54) is 7.11 Å². The van der Waals surface area contributed by atoms with E-state index in [0.717, 1.165) is 5.56 Å². The van der Waals surface area contributed by atoms with Crippen molar-refractivity contribution in [3.05, 3.63) is 28.8 Å². The van der Waals surface area contributed by atoms with Crippen molar-refractivity contribution in [3.8, 4) is 5.75 Å². The summed E-state index contributed by atoms with van der Waals surface area (Å²) in [5.74, 6) is -0.731. The molecule has 0 aliphatic heterocycles. The van der Waals surface area contributed by atoms with Crippen molar-refractivity contribution in [2.75, 3.05) is 13.7 Å². The maximum Gasteiger partial charge on any atom is 0.347 e. The van der Waals surface area contributed by atoms with Crippen LogP contribution in [0.3, 0.4) is 0 Å². The van der Waals surface area contributed by atoms with Crippen molar-refractivity contribution in [1.82, 2.24) is 0 Å². The molecular formula is C11H13ClO4. The summed E-state index contributed by atoms with van der Waals surface area (Å²) in [4.78, 5) is 10.8. The van der Waals surface area contributed by atoms with Gasteiger partial charge in [0.05, 0.1) is 11.6 Å². The Labute approximate surface area is 98.7 Å². The van der Waals surface area contributed by atoms with Crippen molar-refractivity contribution in [1.29, 1.82) is 0 Å². The second-order valence-corrected chi connectivity index (χ2v) is 3.67. The second kappa shape index (κ2) is 5.72. The first kappa shape index (κ1) is 12.8. The fourth-order valence-electron chi connectivity index (χ4n) is 1.17. The predicted octanol–water partition coefficient (Wildman–Crippen LogP) is 2.13. The number of hydrogen-bond acceptors (Lipinski definition) is 3. The fourth-order valence-corrected chi connectivity index (χ4v) is 1.34.